The van der Waals surface area contributed by atoms with Gasteiger partial charge in [-0.2, -0.15) is 0 Å². The van der Waals surface area contributed by atoms with Crippen LogP contribution in [0.25, 0.3) is 0 Å². The Morgan fingerprint density at radius 2 is 1.81 bits per heavy atom. The minimum atomic E-state index is 0.00656. The third kappa shape index (κ3) is 3.62. The van der Waals surface area contributed by atoms with Crippen molar-refractivity contribution in [3.05, 3.63) is 82.9 Å². The fourth-order valence-electron chi connectivity index (χ4n) is 5.67. The Morgan fingerprint density at radius 3 is 2.47 bits per heavy atom. The summed E-state index contributed by atoms with van der Waals surface area (Å²) in [5, 5.41) is 4.37. The zero-order valence-electron chi connectivity index (χ0n) is 19.2. The number of benzene rings is 1. The van der Waals surface area contributed by atoms with Crippen molar-refractivity contribution in [2.75, 3.05) is 4.90 Å². The van der Waals surface area contributed by atoms with Gasteiger partial charge < -0.3 is 14.8 Å². The summed E-state index contributed by atoms with van der Waals surface area (Å²) in [6, 6.07) is 18.0. The van der Waals surface area contributed by atoms with Crippen LogP contribution in [0.4, 0.5) is 5.69 Å². The van der Waals surface area contributed by atoms with Gasteiger partial charge in [0.25, 0.3) is 0 Å². The van der Waals surface area contributed by atoms with E-state index in [9.17, 15) is 0 Å². The molecule has 5 rings (SSSR count). The maximum Gasteiger partial charge on any atom is 0.174 e. The Morgan fingerprint density at radius 1 is 1.06 bits per heavy atom. The van der Waals surface area contributed by atoms with E-state index in [1.54, 1.807) is 0 Å². The quantitative estimate of drug-likeness (QED) is 0.465. The number of hydrogen-bond donors (Lipinski definition) is 1. The number of rotatable bonds is 5. The van der Waals surface area contributed by atoms with Crippen molar-refractivity contribution in [3.8, 4) is 0 Å². The molecule has 1 aliphatic carbocycles. The van der Waals surface area contributed by atoms with E-state index in [2.05, 4.69) is 78.0 Å². The number of hydrogen-bond acceptors (Lipinski definition) is 2. The van der Waals surface area contributed by atoms with E-state index in [0.717, 1.165) is 22.9 Å². The molecule has 1 aromatic carbocycles. The van der Waals surface area contributed by atoms with Crippen LogP contribution in [0, 0.1) is 13.8 Å². The molecule has 1 N–H and O–H groups in total. The van der Waals surface area contributed by atoms with Crippen molar-refractivity contribution in [1.29, 1.82) is 0 Å². The first-order valence-electron chi connectivity index (χ1n) is 11.9. The summed E-state index contributed by atoms with van der Waals surface area (Å²) in [6.07, 6.45) is 8.13. The Bertz CT molecular complexity index is 1100. The zero-order valence-corrected chi connectivity index (χ0v) is 20.0. The maximum atomic E-state index is 5.91. The van der Waals surface area contributed by atoms with E-state index in [1.165, 1.54) is 48.2 Å². The van der Waals surface area contributed by atoms with E-state index in [0.29, 0.717) is 6.04 Å². The minimum absolute atomic E-state index is 0.00656. The van der Waals surface area contributed by atoms with Crippen LogP contribution in [0.2, 0.25) is 0 Å². The molecular weight excluding hydrogens is 412 g/mol. The molecule has 2 aromatic heterocycles. The number of nitrogens with one attached hydrogen (secondary N) is 1. The molecule has 0 bridgehead atoms. The molecule has 0 spiro atoms. The molecular formula is C27H32N4S. The average molecular weight is 445 g/mol. The number of anilines is 1. The van der Waals surface area contributed by atoms with E-state index in [1.807, 2.05) is 12.3 Å². The lowest BCUT2D eigenvalue weighted by molar-refractivity contribution is 0.494. The fraction of sp³-hybridized carbons (Fsp3) is 0.407. The summed E-state index contributed by atoms with van der Waals surface area (Å²) < 4.78 is 2.58. The molecule has 0 amide bonds. The van der Waals surface area contributed by atoms with Crippen molar-refractivity contribution < 1.29 is 0 Å². The first-order chi connectivity index (χ1) is 15.6. The van der Waals surface area contributed by atoms with Gasteiger partial charge in [-0.1, -0.05) is 38.0 Å². The highest BCUT2D eigenvalue weighted by atomic mass is 32.1. The van der Waals surface area contributed by atoms with Crippen molar-refractivity contribution in [2.24, 2.45) is 0 Å². The molecule has 3 aromatic rings. The van der Waals surface area contributed by atoms with Crippen LogP contribution in [0.1, 0.15) is 78.9 Å². The summed E-state index contributed by atoms with van der Waals surface area (Å²) >= 11 is 5.91. The first kappa shape index (κ1) is 21.2. The highest BCUT2D eigenvalue weighted by Gasteiger charge is 2.42. The van der Waals surface area contributed by atoms with E-state index in [4.69, 9.17) is 17.2 Å². The van der Waals surface area contributed by atoms with Gasteiger partial charge in [-0.05, 0) is 86.8 Å². The third-order valence-electron chi connectivity index (χ3n) is 7.25. The van der Waals surface area contributed by atoms with Crippen LogP contribution in [0.15, 0.2) is 54.7 Å². The zero-order chi connectivity index (χ0) is 22.2. The van der Waals surface area contributed by atoms with Crippen LogP contribution in [-0.2, 0) is 6.42 Å². The molecule has 1 saturated carbocycles. The molecule has 5 heteroatoms. The number of nitrogens with zero attached hydrogens (tertiary/aromatic N) is 3. The topological polar surface area (TPSA) is 33.1 Å². The summed E-state index contributed by atoms with van der Waals surface area (Å²) in [7, 11) is 0. The van der Waals surface area contributed by atoms with Crippen LogP contribution in [0.5, 0.6) is 0 Å². The standard InChI is InChI=1S/C27H32N4S/c1-4-20-12-14-22(15-13-20)31-26(25(29-27(31)32)24-11-7-8-16-28-24)23-17-18(2)30(19(23)3)21-9-5-6-10-21/h7-8,11-17,21,25-26H,4-6,9-10H2,1-3H3,(H,29,32). The van der Waals surface area contributed by atoms with Gasteiger partial charge in [0.05, 0.1) is 17.8 Å². The summed E-state index contributed by atoms with van der Waals surface area (Å²) in [6.45, 7) is 6.73. The Hall–Kier alpha value is -2.66. The van der Waals surface area contributed by atoms with E-state index >= 15 is 0 Å². The average Bonchev–Trinajstić information content (AvgIpc) is 3.52. The number of aryl methyl sites for hydroxylation is 2. The summed E-state index contributed by atoms with van der Waals surface area (Å²) in [5.74, 6) is 0. The normalized spacial score (nSPS) is 21.3. The molecule has 2 unspecified atom stereocenters. The Kier molecular flexibility index (Phi) is 5.76. The Labute approximate surface area is 196 Å². The van der Waals surface area contributed by atoms with Crippen LogP contribution >= 0.6 is 12.2 Å². The van der Waals surface area contributed by atoms with Gasteiger partial charge in [0, 0.05) is 29.3 Å². The van der Waals surface area contributed by atoms with Crippen molar-refractivity contribution in [1.82, 2.24) is 14.9 Å². The van der Waals surface area contributed by atoms with Gasteiger partial charge >= 0.3 is 0 Å². The fourth-order valence-corrected chi connectivity index (χ4v) is 6.01. The van der Waals surface area contributed by atoms with E-state index < -0.39 is 0 Å². The highest BCUT2D eigenvalue weighted by molar-refractivity contribution is 7.80. The smallest absolute Gasteiger partial charge is 0.174 e. The number of thiocarbonyl (C=S) groups is 1. The van der Waals surface area contributed by atoms with Crippen molar-refractivity contribution in [3.63, 3.8) is 0 Å². The third-order valence-corrected chi connectivity index (χ3v) is 7.57. The molecule has 2 atom stereocenters. The minimum Gasteiger partial charge on any atom is -0.351 e. The van der Waals surface area contributed by atoms with Gasteiger partial charge in [0.2, 0.25) is 0 Å². The van der Waals surface area contributed by atoms with Gasteiger partial charge in [-0.3, -0.25) is 4.98 Å². The largest absolute Gasteiger partial charge is 0.351 e. The van der Waals surface area contributed by atoms with Crippen molar-refractivity contribution >= 4 is 23.0 Å². The summed E-state index contributed by atoms with van der Waals surface area (Å²) in [5.41, 5.74) is 7.55. The number of pyridine rings is 1. The monoisotopic (exact) mass is 444 g/mol. The predicted octanol–water partition coefficient (Wildman–Crippen LogP) is 6.35. The molecule has 1 aliphatic heterocycles. The molecule has 32 heavy (non-hydrogen) atoms. The van der Waals surface area contributed by atoms with Crippen LogP contribution < -0.4 is 10.2 Å². The van der Waals surface area contributed by atoms with E-state index in [-0.39, 0.29) is 12.1 Å². The predicted molar refractivity (Wildman–Crippen MR) is 135 cm³/mol. The molecule has 2 aliphatic rings. The molecule has 0 radical (unpaired) electrons. The first-order valence-corrected chi connectivity index (χ1v) is 12.3. The lowest BCUT2D eigenvalue weighted by Crippen LogP contribution is -2.29. The molecule has 166 valence electrons. The van der Waals surface area contributed by atoms with Gasteiger partial charge in [-0.15, -0.1) is 0 Å². The summed E-state index contributed by atoms with van der Waals surface area (Å²) in [4.78, 5) is 7.01. The lowest BCUT2D eigenvalue weighted by atomic mass is 9.96. The molecule has 1 saturated heterocycles. The molecule has 4 nitrogen and oxygen atoms in total. The van der Waals surface area contributed by atoms with Crippen LogP contribution in [0.3, 0.4) is 0 Å². The van der Waals surface area contributed by atoms with Gasteiger partial charge in [0.15, 0.2) is 5.11 Å². The Balaban J connectivity index is 1.63. The molecule has 2 fully saturated rings. The lowest BCUT2D eigenvalue weighted by Gasteiger charge is -2.28. The van der Waals surface area contributed by atoms with Gasteiger partial charge in [0.1, 0.15) is 0 Å². The second kappa shape index (κ2) is 8.70. The van der Waals surface area contributed by atoms with Gasteiger partial charge in [-0.25, -0.2) is 0 Å². The van der Waals surface area contributed by atoms with Crippen LogP contribution in [-0.4, -0.2) is 14.7 Å². The number of aromatic nitrogens is 2. The van der Waals surface area contributed by atoms with Crippen molar-refractivity contribution in [2.45, 2.75) is 71.0 Å². The highest BCUT2D eigenvalue weighted by Crippen LogP contribution is 2.44. The SMILES string of the molecule is CCc1ccc(N2C(=S)NC(c3ccccn3)C2c2cc(C)n(C3CCCC3)c2C)cc1. The second-order valence-corrected chi connectivity index (χ2v) is 9.54. The molecule has 3 heterocycles. The maximum absolute atomic E-state index is 5.91. The second-order valence-electron chi connectivity index (χ2n) is 9.15.